The Morgan fingerprint density at radius 1 is 1.24 bits per heavy atom. The quantitative estimate of drug-likeness (QED) is 0.845. The van der Waals surface area contributed by atoms with Crippen LogP contribution in [0.1, 0.15) is 33.6 Å². The van der Waals surface area contributed by atoms with Crippen molar-refractivity contribution in [1.82, 2.24) is 20.0 Å². The largest absolute Gasteiger partial charge is 0.350 e. The fraction of sp³-hybridized carbons (Fsp3) is 0.867. The highest BCUT2D eigenvalue weighted by atomic mass is 16.2. The van der Waals surface area contributed by atoms with Gasteiger partial charge in [-0.2, -0.15) is 0 Å². The molecule has 6 nitrogen and oxygen atoms in total. The van der Waals surface area contributed by atoms with E-state index in [0.717, 1.165) is 25.9 Å². The molecule has 0 aromatic carbocycles. The van der Waals surface area contributed by atoms with Gasteiger partial charge in [-0.05, 0) is 40.2 Å². The summed E-state index contributed by atoms with van der Waals surface area (Å²) in [5, 5.41) is 2.98. The summed E-state index contributed by atoms with van der Waals surface area (Å²) in [6.45, 7) is 8.01. The first-order valence-corrected chi connectivity index (χ1v) is 7.57. The Morgan fingerprint density at radius 2 is 1.86 bits per heavy atom. The lowest BCUT2D eigenvalue weighted by atomic mass is 10.0. The van der Waals surface area contributed by atoms with Crippen molar-refractivity contribution in [2.75, 3.05) is 40.8 Å². The molecule has 1 rings (SSSR count). The molecule has 1 atom stereocenters. The number of carbonyl (C=O) groups excluding carboxylic acids is 2. The Kier molecular flexibility index (Phi) is 6.01. The zero-order valence-electron chi connectivity index (χ0n) is 14.3. The summed E-state index contributed by atoms with van der Waals surface area (Å²) < 4.78 is 0. The number of likely N-dealkylation sites (tertiary alicyclic amines) is 1. The third-order valence-corrected chi connectivity index (χ3v) is 3.59. The number of rotatable bonds is 3. The highest BCUT2D eigenvalue weighted by Crippen LogP contribution is 2.15. The number of carbonyl (C=O) groups is 2. The Balaban J connectivity index is 2.52. The number of amides is 3. The van der Waals surface area contributed by atoms with E-state index >= 15 is 0 Å². The molecule has 1 heterocycles. The van der Waals surface area contributed by atoms with Gasteiger partial charge in [0.05, 0.1) is 6.54 Å². The lowest BCUT2D eigenvalue weighted by Gasteiger charge is -2.38. The van der Waals surface area contributed by atoms with Crippen molar-refractivity contribution < 1.29 is 9.59 Å². The smallest absolute Gasteiger partial charge is 0.319 e. The van der Waals surface area contributed by atoms with Gasteiger partial charge in [-0.15, -0.1) is 0 Å². The molecular weight excluding hydrogens is 268 g/mol. The zero-order chi connectivity index (χ0) is 16.2. The maximum absolute atomic E-state index is 12.0. The third kappa shape index (κ3) is 5.91. The highest BCUT2D eigenvalue weighted by Gasteiger charge is 2.28. The van der Waals surface area contributed by atoms with E-state index in [0.29, 0.717) is 6.54 Å². The Labute approximate surface area is 128 Å². The zero-order valence-corrected chi connectivity index (χ0v) is 14.3. The van der Waals surface area contributed by atoms with Gasteiger partial charge in [0.2, 0.25) is 5.91 Å². The number of hydrogen-bond acceptors (Lipinski definition) is 3. The first-order valence-electron chi connectivity index (χ1n) is 7.57. The SMILES string of the molecule is CN(C)C(=O)N(C)C1CCCN(CC(=O)NC(C)(C)C)C1. The van der Waals surface area contributed by atoms with Crippen molar-refractivity contribution in [2.45, 2.75) is 45.2 Å². The monoisotopic (exact) mass is 298 g/mol. The summed E-state index contributed by atoms with van der Waals surface area (Å²) in [7, 11) is 5.36. The van der Waals surface area contributed by atoms with Crippen molar-refractivity contribution in [1.29, 1.82) is 0 Å². The summed E-state index contributed by atoms with van der Waals surface area (Å²) in [6, 6.07) is 0.192. The number of nitrogens with zero attached hydrogens (tertiary/aromatic N) is 3. The van der Waals surface area contributed by atoms with Crippen molar-refractivity contribution in [3.05, 3.63) is 0 Å². The lowest BCUT2D eigenvalue weighted by molar-refractivity contribution is -0.124. The lowest BCUT2D eigenvalue weighted by Crippen LogP contribution is -2.53. The van der Waals surface area contributed by atoms with E-state index in [2.05, 4.69) is 10.2 Å². The number of urea groups is 1. The van der Waals surface area contributed by atoms with Gasteiger partial charge >= 0.3 is 6.03 Å². The first-order chi connectivity index (χ1) is 9.60. The van der Waals surface area contributed by atoms with Gasteiger partial charge < -0.3 is 15.1 Å². The Hall–Kier alpha value is -1.30. The van der Waals surface area contributed by atoms with Crippen LogP contribution in [0.3, 0.4) is 0 Å². The molecule has 1 unspecified atom stereocenters. The summed E-state index contributed by atoms with van der Waals surface area (Å²) in [5.74, 6) is 0.0461. The van der Waals surface area contributed by atoms with Crippen LogP contribution in [-0.4, -0.2) is 79.0 Å². The Bertz CT molecular complexity index is 376. The van der Waals surface area contributed by atoms with E-state index in [1.807, 2.05) is 27.8 Å². The molecule has 1 aliphatic heterocycles. The maximum Gasteiger partial charge on any atom is 0.319 e. The molecule has 0 aromatic rings. The summed E-state index contributed by atoms with van der Waals surface area (Å²) >= 11 is 0. The van der Waals surface area contributed by atoms with Crippen LogP contribution in [0.2, 0.25) is 0 Å². The van der Waals surface area contributed by atoms with E-state index in [4.69, 9.17) is 0 Å². The van der Waals surface area contributed by atoms with Gasteiger partial charge in [-0.1, -0.05) is 0 Å². The fourth-order valence-corrected chi connectivity index (χ4v) is 2.62. The van der Waals surface area contributed by atoms with E-state index < -0.39 is 0 Å². The second-order valence-corrected chi connectivity index (χ2v) is 7.12. The molecule has 0 aromatic heterocycles. The van der Waals surface area contributed by atoms with Crippen LogP contribution in [0.15, 0.2) is 0 Å². The van der Waals surface area contributed by atoms with Gasteiger partial charge in [-0.3, -0.25) is 9.69 Å². The van der Waals surface area contributed by atoms with Crippen LogP contribution in [0.4, 0.5) is 4.79 Å². The van der Waals surface area contributed by atoms with Gasteiger partial charge in [0.15, 0.2) is 0 Å². The highest BCUT2D eigenvalue weighted by molar-refractivity contribution is 5.78. The van der Waals surface area contributed by atoms with E-state index in [1.54, 1.807) is 23.9 Å². The third-order valence-electron chi connectivity index (χ3n) is 3.59. The predicted molar refractivity (Wildman–Crippen MR) is 84.2 cm³/mol. The van der Waals surface area contributed by atoms with Crippen LogP contribution in [-0.2, 0) is 4.79 Å². The molecule has 0 bridgehead atoms. The van der Waals surface area contributed by atoms with Gasteiger partial charge in [-0.25, -0.2) is 4.79 Å². The standard InChI is InChI=1S/C15H30N4O2/c1-15(2,3)16-13(20)11-19-9-7-8-12(10-19)18(6)14(21)17(4)5/h12H,7-11H2,1-6H3,(H,16,20). The molecule has 1 aliphatic rings. The van der Waals surface area contributed by atoms with E-state index in [9.17, 15) is 9.59 Å². The minimum Gasteiger partial charge on any atom is -0.350 e. The van der Waals surface area contributed by atoms with Crippen LogP contribution >= 0.6 is 0 Å². The number of nitrogens with one attached hydrogen (secondary N) is 1. The molecule has 122 valence electrons. The molecule has 1 saturated heterocycles. The maximum atomic E-state index is 12.0. The molecule has 0 radical (unpaired) electrons. The van der Waals surface area contributed by atoms with Gasteiger partial charge in [0.1, 0.15) is 0 Å². The molecule has 1 fully saturated rings. The average Bonchev–Trinajstić information content (AvgIpc) is 2.34. The molecular formula is C15H30N4O2. The Morgan fingerprint density at radius 3 is 2.38 bits per heavy atom. The van der Waals surface area contributed by atoms with Crippen LogP contribution < -0.4 is 5.32 Å². The number of hydrogen-bond donors (Lipinski definition) is 1. The van der Waals surface area contributed by atoms with Crippen molar-refractivity contribution >= 4 is 11.9 Å². The molecule has 0 spiro atoms. The molecule has 6 heteroatoms. The average molecular weight is 298 g/mol. The molecule has 21 heavy (non-hydrogen) atoms. The first kappa shape index (κ1) is 17.8. The van der Waals surface area contributed by atoms with E-state index in [-0.39, 0.29) is 23.5 Å². The summed E-state index contributed by atoms with van der Waals surface area (Å²) in [4.78, 5) is 29.5. The summed E-state index contributed by atoms with van der Waals surface area (Å²) in [5.41, 5.74) is -0.204. The van der Waals surface area contributed by atoms with E-state index in [1.165, 1.54) is 0 Å². The fourth-order valence-electron chi connectivity index (χ4n) is 2.62. The van der Waals surface area contributed by atoms with Crippen molar-refractivity contribution in [3.63, 3.8) is 0 Å². The number of likely N-dealkylation sites (N-methyl/N-ethyl adjacent to an activating group) is 1. The molecule has 3 amide bonds. The minimum atomic E-state index is -0.204. The summed E-state index contributed by atoms with van der Waals surface area (Å²) in [6.07, 6.45) is 2.01. The number of piperidine rings is 1. The van der Waals surface area contributed by atoms with Gasteiger partial charge in [0.25, 0.3) is 0 Å². The predicted octanol–water partition coefficient (Wildman–Crippen LogP) is 0.979. The topological polar surface area (TPSA) is 55.9 Å². The van der Waals surface area contributed by atoms with Crippen LogP contribution in [0.5, 0.6) is 0 Å². The van der Waals surface area contributed by atoms with Crippen LogP contribution in [0, 0.1) is 0 Å². The van der Waals surface area contributed by atoms with Crippen molar-refractivity contribution in [3.8, 4) is 0 Å². The van der Waals surface area contributed by atoms with Gasteiger partial charge in [0, 0.05) is 39.3 Å². The second-order valence-electron chi connectivity index (χ2n) is 7.12. The molecule has 1 N–H and O–H groups in total. The molecule has 0 saturated carbocycles. The molecule has 0 aliphatic carbocycles. The van der Waals surface area contributed by atoms with Crippen LogP contribution in [0.25, 0.3) is 0 Å². The van der Waals surface area contributed by atoms with Crippen molar-refractivity contribution in [2.24, 2.45) is 0 Å². The second kappa shape index (κ2) is 7.11. The normalized spacial score (nSPS) is 20.0. The minimum absolute atomic E-state index is 0.0148.